The number of carbonyl (C=O) groups excluding carboxylic acids is 1. The number of hydrogen-bond donors (Lipinski definition) is 1. The number of amides is 1. The number of benzene rings is 2. The van der Waals surface area contributed by atoms with Crippen molar-refractivity contribution < 1.29 is 23.4 Å². The number of aromatic nitrogens is 2. The van der Waals surface area contributed by atoms with Crippen LogP contribution in [0.2, 0.25) is 0 Å². The molecular weight excluding hydrogens is 410 g/mol. The van der Waals surface area contributed by atoms with E-state index in [2.05, 4.69) is 15.3 Å². The number of furan rings is 1. The highest BCUT2D eigenvalue weighted by Gasteiger charge is 2.20. The van der Waals surface area contributed by atoms with Crippen LogP contribution in [0.4, 0.5) is 0 Å². The highest BCUT2D eigenvalue weighted by molar-refractivity contribution is 5.96. The second-order valence-corrected chi connectivity index (χ2v) is 7.16. The lowest BCUT2D eigenvalue weighted by molar-refractivity contribution is 0.0944. The molecule has 0 saturated heterocycles. The molecule has 5 rings (SSSR count). The molecule has 32 heavy (non-hydrogen) atoms. The summed E-state index contributed by atoms with van der Waals surface area (Å²) < 4.78 is 22.0. The Bertz CT molecular complexity index is 1270. The molecule has 160 valence electrons. The van der Waals surface area contributed by atoms with Gasteiger partial charge >= 0.3 is 0 Å². The van der Waals surface area contributed by atoms with Gasteiger partial charge in [-0.15, -0.1) is 0 Å². The Morgan fingerprint density at radius 2 is 2.00 bits per heavy atom. The van der Waals surface area contributed by atoms with E-state index in [-0.39, 0.29) is 30.7 Å². The Kier molecular flexibility index (Phi) is 5.17. The van der Waals surface area contributed by atoms with Gasteiger partial charge in [-0.2, -0.15) is 4.98 Å². The number of ether oxygens (including phenoxy) is 3. The number of aryl methyl sites for hydroxylation is 1. The summed E-state index contributed by atoms with van der Waals surface area (Å²) in [5.41, 5.74) is 2.10. The molecule has 0 radical (unpaired) electrons. The van der Waals surface area contributed by atoms with Gasteiger partial charge in [-0.25, -0.2) is 4.98 Å². The number of carbonyl (C=O) groups is 1. The van der Waals surface area contributed by atoms with Gasteiger partial charge in [-0.1, -0.05) is 23.8 Å². The number of rotatable bonds is 6. The fraction of sp³-hybridized carbons (Fsp3) is 0.125. The maximum atomic E-state index is 12.9. The average Bonchev–Trinajstić information content (AvgIpc) is 3.49. The van der Waals surface area contributed by atoms with Crippen LogP contribution in [0, 0.1) is 6.92 Å². The molecular formula is C24H19N3O5. The number of hydrogen-bond acceptors (Lipinski definition) is 7. The summed E-state index contributed by atoms with van der Waals surface area (Å²) in [5.74, 6) is 2.50. The van der Waals surface area contributed by atoms with E-state index in [4.69, 9.17) is 18.6 Å². The molecule has 0 atom stereocenters. The summed E-state index contributed by atoms with van der Waals surface area (Å²) in [7, 11) is 0. The molecule has 1 aliphatic heterocycles. The Labute approximate surface area is 183 Å². The molecule has 1 amide bonds. The van der Waals surface area contributed by atoms with Crippen LogP contribution >= 0.6 is 0 Å². The van der Waals surface area contributed by atoms with Gasteiger partial charge in [0, 0.05) is 17.8 Å². The fourth-order valence-corrected chi connectivity index (χ4v) is 3.25. The van der Waals surface area contributed by atoms with Crippen LogP contribution in [-0.4, -0.2) is 22.7 Å². The minimum absolute atomic E-state index is 0.132. The van der Waals surface area contributed by atoms with Crippen LogP contribution in [0.25, 0.3) is 11.4 Å². The standard InChI is InChI=1S/C24H19N3O5/c1-15-4-2-5-16(10-15)22-25-13-19(23(28)26-12-18-6-3-9-29-18)24(27-22)32-17-7-8-20-21(11-17)31-14-30-20/h2-11,13H,12,14H2,1H3,(H,26,28). The van der Waals surface area contributed by atoms with Gasteiger partial charge in [-0.3, -0.25) is 4.79 Å². The molecule has 0 bridgehead atoms. The lowest BCUT2D eigenvalue weighted by Gasteiger charge is -2.12. The lowest BCUT2D eigenvalue weighted by Crippen LogP contribution is -2.23. The van der Waals surface area contributed by atoms with Crippen LogP contribution in [0.15, 0.2) is 71.5 Å². The summed E-state index contributed by atoms with van der Waals surface area (Å²) in [6.07, 6.45) is 3.01. The van der Waals surface area contributed by atoms with Crippen LogP contribution in [-0.2, 0) is 6.54 Å². The van der Waals surface area contributed by atoms with Crippen LogP contribution < -0.4 is 19.5 Å². The molecule has 1 N–H and O–H groups in total. The van der Waals surface area contributed by atoms with Crippen molar-refractivity contribution in [3.63, 3.8) is 0 Å². The highest BCUT2D eigenvalue weighted by Crippen LogP contribution is 2.37. The van der Waals surface area contributed by atoms with Gasteiger partial charge < -0.3 is 23.9 Å². The molecule has 0 aliphatic carbocycles. The first kappa shape index (κ1) is 19.6. The van der Waals surface area contributed by atoms with Crippen molar-refractivity contribution in [3.8, 4) is 34.5 Å². The lowest BCUT2D eigenvalue weighted by atomic mass is 10.1. The first-order valence-corrected chi connectivity index (χ1v) is 9.98. The minimum Gasteiger partial charge on any atom is -0.467 e. The van der Waals surface area contributed by atoms with E-state index in [9.17, 15) is 4.79 Å². The molecule has 8 nitrogen and oxygen atoms in total. The monoisotopic (exact) mass is 429 g/mol. The maximum Gasteiger partial charge on any atom is 0.258 e. The predicted octanol–water partition coefficient (Wildman–Crippen LogP) is 4.50. The van der Waals surface area contributed by atoms with E-state index in [0.717, 1.165) is 11.1 Å². The molecule has 0 saturated carbocycles. The van der Waals surface area contributed by atoms with Gasteiger partial charge in [0.05, 0.1) is 12.8 Å². The SMILES string of the molecule is Cc1cccc(-c2ncc(C(=O)NCc3ccco3)c(Oc3ccc4c(c3)OCO4)n2)c1. The third kappa shape index (κ3) is 4.11. The van der Waals surface area contributed by atoms with E-state index < -0.39 is 0 Å². The zero-order chi connectivity index (χ0) is 21.9. The fourth-order valence-electron chi connectivity index (χ4n) is 3.25. The van der Waals surface area contributed by atoms with E-state index in [1.165, 1.54) is 6.20 Å². The molecule has 0 unspecified atom stereocenters. The molecule has 0 fully saturated rings. The van der Waals surface area contributed by atoms with Crippen LogP contribution in [0.1, 0.15) is 21.7 Å². The smallest absolute Gasteiger partial charge is 0.258 e. The van der Waals surface area contributed by atoms with Crippen molar-refractivity contribution >= 4 is 5.91 Å². The number of fused-ring (bicyclic) bond motifs is 1. The predicted molar refractivity (Wildman–Crippen MR) is 115 cm³/mol. The van der Waals surface area contributed by atoms with Crippen molar-refractivity contribution in [1.29, 1.82) is 0 Å². The minimum atomic E-state index is -0.382. The summed E-state index contributed by atoms with van der Waals surface area (Å²) in [6.45, 7) is 2.38. The van der Waals surface area contributed by atoms with Gasteiger partial charge in [-0.05, 0) is 37.3 Å². The third-order valence-corrected chi connectivity index (χ3v) is 4.84. The Morgan fingerprint density at radius 1 is 1.09 bits per heavy atom. The molecule has 1 aliphatic rings. The molecule has 2 aromatic heterocycles. The number of nitrogens with zero attached hydrogens (tertiary/aromatic N) is 2. The normalized spacial score (nSPS) is 11.9. The van der Waals surface area contributed by atoms with Gasteiger partial charge in [0.25, 0.3) is 5.91 Å². The van der Waals surface area contributed by atoms with E-state index >= 15 is 0 Å². The van der Waals surface area contributed by atoms with Crippen LogP contribution in [0.5, 0.6) is 23.1 Å². The van der Waals surface area contributed by atoms with Crippen molar-refractivity contribution in [1.82, 2.24) is 15.3 Å². The zero-order valence-corrected chi connectivity index (χ0v) is 17.2. The van der Waals surface area contributed by atoms with Gasteiger partial charge in [0.1, 0.15) is 17.1 Å². The summed E-state index contributed by atoms with van der Waals surface area (Å²) in [4.78, 5) is 21.8. The van der Waals surface area contributed by atoms with E-state index in [1.54, 1.807) is 36.6 Å². The van der Waals surface area contributed by atoms with E-state index in [0.29, 0.717) is 28.8 Å². The Morgan fingerprint density at radius 3 is 2.84 bits per heavy atom. The van der Waals surface area contributed by atoms with Crippen molar-refractivity contribution in [2.45, 2.75) is 13.5 Å². The number of nitrogens with one attached hydrogen (secondary N) is 1. The topological polar surface area (TPSA) is 95.7 Å². The van der Waals surface area contributed by atoms with E-state index in [1.807, 2.05) is 31.2 Å². The summed E-state index contributed by atoms with van der Waals surface area (Å²) in [5, 5.41) is 2.80. The molecule has 4 aromatic rings. The quantitative estimate of drug-likeness (QED) is 0.482. The van der Waals surface area contributed by atoms with Gasteiger partial charge in [0.2, 0.25) is 12.7 Å². The van der Waals surface area contributed by atoms with Crippen LogP contribution in [0.3, 0.4) is 0 Å². The average molecular weight is 429 g/mol. The molecule has 0 spiro atoms. The second-order valence-electron chi connectivity index (χ2n) is 7.16. The Balaban J connectivity index is 1.48. The molecule has 3 heterocycles. The third-order valence-electron chi connectivity index (χ3n) is 4.84. The van der Waals surface area contributed by atoms with Crippen molar-refractivity contribution in [2.24, 2.45) is 0 Å². The van der Waals surface area contributed by atoms with Crippen molar-refractivity contribution in [2.75, 3.05) is 6.79 Å². The Hall–Kier alpha value is -4.33. The highest BCUT2D eigenvalue weighted by atomic mass is 16.7. The first-order chi connectivity index (χ1) is 15.7. The summed E-state index contributed by atoms with van der Waals surface area (Å²) >= 11 is 0. The zero-order valence-electron chi connectivity index (χ0n) is 17.2. The first-order valence-electron chi connectivity index (χ1n) is 9.98. The molecule has 2 aromatic carbocycles. The largest absolute Gasteiger partial charge is 0.467 e. The molecule has 8 heteroatoms. The van der Waals surface area contributed by atoms with Crippen molar-refractivity contribution in [3.05, 3.63) is 83.9 Å². The summed E-state index contributed by atoms with van der Waals surface area (Å²) in [6, 6.07) is 16.5. The van der Waals surface area contributed by atoms with Gasteiger partial charge in [0.15, 0.2) is 17.3 Å². The maximum absolute atomic E-state index is 12.9. The second kappa shape index (κ2) is 8.43.